The van der Waals surface area contributed by atoms with Gasteiger partial charge in [0.05, 0.1) is 25.8 Å². The van der Waals surface area contributed by atoms with Crippen LogP contribution in [-0.2, 0) is 17.7 Å². The molecule has 1 aromatic carbocycles. The fraction of sp³-hybridized carbons (Fsp3) is 0.609. The zero-order valence-electron chi connectivity index (χ0n) is 17.5. The molecule has 2 aliphatic carbocycles. The summed E-state index contributed by atoms with van der Waals surface area (Å²) in [5, 5.41) is 6.89. The summed E-state index contributed by atoms with van der Waals surface area (Å²) < 4.78 is 11.9. The van der Waals surface area contributed by atoms with Gasteiger partial charge in [0.2, 0.25) is 0 Å². The molecule has 2 fully saturated rings. The van der Waals surface area contributed by atoms with Gasteiger partial charge in [0, 0.05) is 48.4 Å². The number of fused-ring (bicyclic) bond motifs is 2. The van der Waals surface area contributed by atoms with E-state index >= 15 is 0 Å². The van der Waals surface area contributed by atoms with Crippen LogP contribution in [0.2, 0.25) is 0 Å². The van der Waals surface area contributed by atoms with Gasteiger partial charge in [-0.05, 0) is 49.7 Å². The number of aryl methyl sites for hydroxylation is 1. The van der Waals surface area contributed by atoms with Crippen LogP contribution >= 0.6 is 0 Å². The molecule has 29 heavy (non-hydrogen) atoms. The minimum atomic E-state index is 0.374. The van der Waals surface area contributed by atoms with Gasteiger partial charge in [-0.15, -0.1) is 0 Å². The number of hydrogen-bond acceptors (Lipinski definition) is 6. The van der Waals surface area contributed by atoms with Crippen LogP contribution in [0.3, 0.4) is 0 Å². The Hall–Kier alpha value is -2.05. The van der Waals surface area contributed by atoms with Gasteiger partial charge in [0.25, 0.3) is 0 Å². The van der Waals surface area contributed by atoms with Crippen LogP contribution in [-0.4, -0.2) is 50.0 Å². The first-order valence-electron chi connectivity index (χ1n) is 11.0. The molecule has 1 aliphatic heterocycles. The van der Waals surface area contributed by atoms with E-state index in [2.05, 4.69) is 24.4 Å². The second-order valence-electron chi connectivity index (χ2n) is 8.56. The summed E-state index contributed by atoms with van der Waals surface area (Å²) in [5.74, 6) is 2.75. The maximum atomic E-state index is 6.19. The maximum Gasteiger partial charge on any atom is 0.163 e. The molecule has 1 saturated carbocycles. The predicted octanol–water partition coefficient (Wildman–Crippen LogP) is 3.82. The molecule has 1 atom stereocenters. The van der Waals surface area contributed by atoms with E-state index in [0.717, 1.165) is 60.8 Å². The molecule has 0 bridgehead atoms. The smallest absolute Gasteiger partial charge is 0.163 e. The van der Waals surface area contributed by atoms with Crippen molar-refractivity contribution in [1.29, 1.82) is 0 Å². The molecule has 0 spiro atoms. The molecule has 5 rings (SSSR count). The Bertz CT molecular complexity index is 897. The van der Waals surface area contributed by atoms with Crippen LogP contribution in [0.15, 0.2) is 12.1 Å². The summed E-state index contributed by atoms with van der Waals surface area (Å²) in [6.45, 7) is 6.31. The molecular formula is C23H31N3O3. The number of anilines is 1. The predicted molar refractivity (Wildman–Crippen MR) is 114 cm³/mol. The Kier molecular flexibility index (Phi) is 5.22. The first-order valence-corrected chi connectivity index (χ1v) is 11.0. The first kappa shape index (κ1) is 18.9. The van der Waals surface area contributed by atoms with E-state index in [1.807, 2.05) is 5.06 Å². The monoisotopic (exact) mass is 397 g/mol. The van der Waals surface area contributed by atoms with Crippen molar-refractivity contribution in [3.63, 3.8) is 0 Å². The standard InChI is InChI=1S/C23H31N3O3/c1-3-26-12-16(14-29-26)13-28-22-10-20-18(9-21(22)27-2)23(24-11-15-7-8-15)17-5-4-6-19(17)25-20/h9-10,15-16H,3-8,11-14H2,1-2H3,(H,24,25). The highest BCUT2D eigenvalue weighted by Crippen LogP contribution is 2.40. The Balaban J connectivity index is 1.43. The number of pyridine rings is 1. The number of aromatic nitrogens is 1. The van der Waals surface area contributed by atoms with Crippen molar-refractivity contribution in [3.05, 3.63) is 23.4 Å². The number of rotatable bonds is 8. The Morgan fingerprint density at radius 1 is 1.21 bits per heavy atom. The molecule has 6 nitrogen and oxygen atoms in total. The van der Waals surface area contributed by atoms with Crippen LogP contribution in [0.25, 0.3) is 10.9 Å². The van der Waals surface area contributed by atoms with Crippen molar-refractivity contribution >= 4 is 16.6 Å². The van der Waals surface area contributed by atoms with E-state index in [9.17, 15) is 0 Å². The molecule has 1 saturated heterocycles. The molecule has 2 heterocycles. The van der Waals surface area contributed by atoms with Gasteiger partial charge in [-0.1, -0.05) is 6.92 Å². The molecule has 2 aromatic rings. The fourth-order valence-corrected chi connectivity index (χ4v) is 4.45. The zero-order valence-corrected chi connectivity index (χ0v) is 17.5. The van der Waals surface area contributed by atoms with Gasteiger partial charge in [-0.3, -0.25) is 9.82 Å². The lowest BCUT2D eigenvalue weighted by molar-refractivity contribution is -0.106. The molecule has 0 radical (unpaired) electrons. The Morgan fingerprint density at radius 3 is 2.86 bits per heavy atom. The van der Waals surface area contributed by atoms with Gasteiger partial charge < -0.3 is 14.8 Å². The summed E-state index contributed by atoms with van der Waals surface area (Å²) in [7, 11) is 1.71. The van der Waals surface area contributed by atoms with Gasteiger partial charge in [-0.2, -0.15) is 5.06 Å². The molecule has 0 amide bonds. The summed E-state index contributed by atoms with van der Waals surface area (Å²) in [6, 6.07) is 4.16. The highest BCUT2D eigenvalue weighted by atomic mass is 16.7. The van der Waals surface area contributed by atoms with Crippen molar-refractivity contribution in [1.82, 2.24) is 10.0 Å². The average Bonchev–Trinajstić information content (AvgIpc) is 3.25. The summed E-state index contributed by atoms with van der Waals surface area (Å²) in [6.07, 6.45) is 6.06. The van der Waals surface area contributed by atoms with Crippen molar-refractivity contribution < 1.29 is 14.3 Å². The molecule has 1 unspecified atom stereocenters. The van der Waals surface area contributed by atoms with Crippen molar-refractivity contribution in [2.45, 2.75) is 39.0 Å². The van der Waals surface area contributed by atoms with Crippen molar-refractivity contribution in [2.24, 2.45) is 11.8 Å². The second kappa shape index (κ2) is 8.00. The van der Waals surface area contributed by atoms with E-state index in [1.165, 1.54) is 36.2 Å². The normalized spacial score (nSPS) is 21.5. The molecule has 1 N–H and O–H groups in total. The zero-order chi connectivity index (χ0) is 19.8. The largest absolute Gasteiger partial charge is 0.493 e. The second-order valence-corrected chi connectivity index (χ2v) is 8.56. The molecule has 6 heteroatoms. The lowest BCUT2D eigenvalue weighted by Gasteiger charge is -2.18. The van der Waals surface area contributed by atoms with Gasteiger partial charge >= 0.3 is 0 Å². The van der Waals surface area contributed by atoms with Crippen LogP contribution in [0.4, 0.5) is 5.69 Å². The molecular weight excluding hydrogens is 366 g/mol. The third-order valence-corrected chi connectivity index (χ3v) is 6.34. The number of nitrogens with one attached hydrogen (secondary N) is 1. The molecule has 1 aromatic heterocycles. The van der Waals surface area contributed by atoms with Gasteiger partial charge in [0.1, 0.15) is 0 Å². The lowest BCUT2D eigenvalue weighted by atomic mass is 10.1. The van der Waals surface area contributed by atoms with Crippen LogP contribution < -0.4 is 14.8 Å². The molecule has 3 aliphatic rings. The lowest BCUT2D eigenvalue weighted by Crippen LogP contribution is -2.21. The van der Waals surface area contributed by atoms with E-state index < -0.39 is 0 Å². The van der Waals surface area contributed by atoms with Crippen molar-refractivity contribution in [2.75, 3.05) is 45.3 Å². The highest BCUT2D eigenvalue weighted by Gasteiger charge is 2.26. The van der Waals surface area contributed by atoms with E-state index in [-0.39, 0.29) is 0 Å². The Morgan fingerprint density at radius 2 is 2.10 bits per heavy atom. The number of benzene rings is 1. The number of hydroxylamine groups is 2. The Labute approximate surface area is 172 Å². The third-order valence-electron chi connectivity index (χ3n) is 6.34. The minimum Gasteiger partial charge on any atom is -0.493 e. The fourth-order valence-electron chi connectivity index (χ4n) is 4.45. The summed E-state index contributed by atoms with van der Waals surface area (Å²) >= 11 is 0. The number of ether oxygens (including phenoxy) is 2. The van der Waals surface area contributed by atoms with E-state index in [4.69, 9.17) is 19.3 Å². The first-order chi connectivity index (χ1) is 14.2. The summed E-state index contributed by atoms with van der Waals surface area (Å²) in [5.41, 5.74) is 4.91. The van der Waals surface area contributed by atoms with Crippen LogP contribution in [0.1, 0.15) is 37.4 Å². The van der Waals surface area contributed by atoms with Gasteiger partial charge in [0.15, 0.2) is 11.5 Å². The topological polar surface area (TPSA) is 55.9 Å². The highest BCUT2D eigenvalue weighted by molar-refractivity contribution is 5.96. The number of nitrogens with zero attached hydrogens (tertiary/aromatic N) is 2. The van der Waals surface area contributed by atoms with E-state index in [1.54, 1.807) is 7.11 Å². The molecule has 156 valence electrons. The summed E-state index contributed by atoms with van der Waals surface area (Å²) in [4.78, 5) is 10.6. The van der Waals surface area contributed by atoms with Crippen LogP contribution in [0, 0.1) is 11.8 Å². The quantitative estimate of drug-likeness (QED) is 0.731. The van der Waals surface area contributed by atoms with E-state index in [0.29, 0.717) is 19.1 Å². The maximum absolute atomic E-state index is 6.19. The van der Waals surface area contributed by atoms with Crippen LogP contribution in [0.5, 0.6) is 11.5 Å². The minimum absolute atomic E-state index is 0.374. The number of hydrogen-bond donors (Lipinski definition) is 1. The average molecular weight is 398 g/mol. The number of methoxy groups -OCH3 is 1. The SMILES string of the molecule is CCN1CC(COc2cc3nc4c(c(NCC5CC5)c3cc2OC)CCC4)CO1. The third kappa shape index (κ3) is 3.88. The van der Waals surface area contributed by atoms with Crippen molar-refractivity contribution in [3.8, 4) is 11.5 Å². The van der Waals surface area contributed by atoms with Gasteiger partial charge in [-0.25, -0.2) is 0 Å².